The van der Waals surface area contributed by atoms with Crippen molar-refractivity contribution >= 4 is 27.3 Å². The number of nitrogens with one attached hydrogen (secondary N) is 1. The van der Waals surface area contributed by atoms with Crippen molar-refractivity contribution in [2.75, 3.05) is 0 Å². The first kappa shape index (κ1) is 14.6. The van der Waals surface area contributed by atoms with E-state index in [1.165, 1.54) is 26.0 Å². The Morgan fingerprint density at radius 2 is 2.11 bits per heavy atom. The molecular formula is C10H12N2O4S2. The number of sulfonamides is 1. The summed E-state index contributed by atoms with van der Waals surface area (Å²) in [6.07, 6.45) is 0. The molecule has 1 aromatic heterocycles. The van der Waals surface area contributed by atoms with E-state index >= 15 is 0 Å². The van der Waals surface area contributed by atoms with Crippen LogP contribution in [0.4, 0.5) is 0 Å². The summed E-state index contributed by atoms with van der Waals surface area (Å²) in [5.41, 5.74) is 0. The quantitative estimate of drug-likeness (QED) is 0.840. The van der Waals surface area contributed by atoms with E-state index < -0.39 is 28.0 Å². The molecule has 0 aromatic carbocycles. The minimum absolute atomic E-state index is 0.00323. The van der Waals surface area contributed by atoms with E-state index in [-0.39, 0.29) is 9.09 Å². The van der Waals surface area contributed by atoms with Crippen molar-refractivity contribution in [3.8, 4) is 6.07 Å². The van der Waals surface area contributed by atoms with Gasteiger partial charge in [0.15, 0.2) is 0 Å². The highest BCUT2D eigenvalue weighted by molar-refractivity contribution is 7.91. The second-order valence-electron chi connectivity index (χ2n) is 3.77. The number of nitrogens with zero attached hydrogens (tertiary/aromatic N) is 1. The monoisotopic (exact) mass is 288 g/mol. The van der Waals surface area contributed by atoms with Crippen LogP contribution in [0.3, 0.4) is 0 Å². The molecule has 2 N–H and O–H groups in total. The molecule has 0 saturated carbocycles. The Morgan fingerprint density at radius 3 is 2.56 bits per heavy atom. The van der Waals surface area contributed by atoms with Crippen LogP contribution >= 0.6 is 11.3 Å². The van der Waals surface area contributed by atoms with Crippen molar-refractivity contribution in [3.05, 3.63) is 17.0 Å². The Balaban J connectivity index is 2.89. The Kier molecular flexibility index (Phi) is 4.45. The maximum Gasteiger partial charge on any atom is 0.307 e. The van der Waals surface area contributed by atoms with E-state index in [0.29, 0.717) is 0 Å². The first-order valence-corrected chi connectivity index (χ1v) is 7.33. The van der Waals surface area contributed by atoms with Gasteiger partial charge in [-0.15, -0.1) is 11.3 Å². The topological polar surface area (TPSA) is 107 Å². The third kappa shape index (κ3) is 3.29. The first-order valence-electron chi connectivity index (χ1n) is 5.03. The molecular weight excluding hydrogens is 276 g/mol. The number of carbonyl (C=O) groups is 1. The van der Waals surface area contributed by atoms with E-state index in [1.54, 1.807) is 0 Å². The summed E-state index contributed by atoms with van der Waals surface area (Å²) in [5, 5.41) is 17.4. The smallest absolute Gasteiger partial charge is 0.307 e. The molecule has 1 aromatic rings. The third-order valence-electron chi connectivity index (χ3n) is 2.44. The number of hydrogen-bond acceptors (Lipinski definition) is 5. The van der Waals surface area contributed by atoms with Crippen LogP contribution in [0.5, 0.6) is 0 Å². The molecule has 0 saturated heterocycles. The predicted octanol–water partition coefficient (Wildman–Crippen LogP) is 1.01. The van der Waals surface area contributed by atoms with Crippen molar-refractivity contribution in [2.24, 2.45) is 5.92 Å². The summed E-state index contributed by atoms with van der Waals surface area (Å²) in [5.74, 6) is -1.91. The zero-order valence-corrected chi connectivity index (χ0v) is 11.4. The predicted molar refractivity (Wildman–Crippen MR) is 65.6 cm³/mol. The molecule has 0 spiro atoms. The van der Waals surface area contributed by atoms with E-state index in [9.17, 15) is 13.2 Å². The lowest BCUT2D eigenvalue weighted by Crippen LogP contribution is -2.39. The van der Waals surface area contributed by atoms with Gasteiger partial charge in [0.05, 0.1) is 5.92 Å². The molecule has 1 rings (SSSR count). The molecule has 0 fully saturated rings. The molecule has 2 unspecified atom stereocenters. The van der Waals surface area contributed by atoms with Gasteiger partial charge in [0.2, 0.25) is 10.0 Å². The standard InChI is InChI=1S/C10H12N2O4S2/c1-6(10(13)14)7(2)12-18(15,16)9-4-3-8(5-11)17-9/h3-4,6-7,12H,1-2H3,(H,13,14). The SMILES string of the molecule is CC(NS(=O)(=O)c1ccc(C#N)s1)C(C)C(=O)O. The molecule has 0 bridgehead atoms. The van der Waals surface area contributed by atoms with Crippen LogP contribution in [-0.2, 0) is 14.8 Å². The molecule has 0 radical (unpaired) electrons. The number of rotatable bonds is 5. The molecule has 98 valence electrons. The van der Waals surface area contributed by atoms with E-state index in [1.807, 2.05) is 6.07 Å². The summed E-state index contributed by atoms with van der Waals surface area (Å²) in [6.45, 7) is 2.90. The third-order valence-corrected chi connectivity index (χ3v) is 5.48. The van der Waals surface area contributed by atoms with Gasteiger partial charge in [0, 0.05) is 6.04 Å². The number of thiophene rings is 1. The van der Waals surface area contributed by atoms with Crippen LogP contribution in [0, 0.1) is 17.2 Å². The fraction of sp³-hybridized carbons (Fsp3) is 0.400. The molecule has 1 heterocycles. The minimum atomic E-state index is -3.77. The molecule has 2 atom stereocenters. The lowest BCUT2D eigenvalue weighted by atomic mass is 10.1. The Labute approximate surface area is 109 Å². The summed E-state index contributed by atoms with van der Waals surface area (Å²) in [4.78, 5) is 11.0. The van der Waals surface area contributed by atoms with E-state index in [0.717, 1.165) is 11.3 Å². The molecule has 8 heteroatoms. The molecule has 0 amide bonds. The van der Waals surface area contributed by atoms with Gasteiger partial charge in [-0.1, -0.05) is 6.92 Å². The van der Waals surface area contributed by atoms with Gasteiger partial charge in [0.25, 0.3) is 0 Å². The van der Waals surface area contributed by atoms with Crippen molar-refractivity contribution < 1.29 is 18.3 Å². The van der Waals surface area contributed by atoms with Crippen molar-refractivity contribution in [1.82, 2.24) is 4.72 Å². The Hall–Kier alpha value is -1.43. The highest BCUT2D eigenvalue weighted by Gasteiger charge is 2.26. The second-order valence-corrected chi connectivity index (χ2v) is 6.79. The van der Waals surface area contributed by atoms with Gasteiger partial charge in [-0.05, 0) is 19.1 Å². The van der Waals surface area contributed by atoms with Crippen LogP contribution in [-0.4, -0.2) is 25.5 Å². The highest BCUT2D eigenvalue weighted by Crippen LogP contribution is 2.21. The highest BCUT2D eigenvalue weighted by atomic mass is 32.2. The van der Waals surface area contributed by atoms with Crippen molar-refractivity contribution in [1.29, 1.82) is 5.26 Å². The Morgan fingerprint density at radius 1 is 1.50 bits per heavy atom. The fourth-order valence-electron chi connectivity index (χ4n) is 1.14. The van der Waals surface area contributed by atoms with Gasteiger partial charge >= 0.3 is 5.97 Å². The Bertz CT molecular complexity index is 585. The lowest BCUT2D eigenvalue weighted by Gasteiger charge is -2.16. The van der Waals surface area contributed by atoms with Crippen molar-refractivity contribution in [3.63, 3.8) is 0 Å². The molecule has 0 aliphatic rings. The normalized spacial score (nSPS) is 14.7. The summed E-state index contributed by atoms with van der Waals surface area (Å²) in [7, 11) is -3.77. The molecule has 18 heavy (non-hydrogen) atoms. The van der Waals surface area contributed by atoms with E-state index in [2.05, 4.69) is 4.72 Å². The lowest BCUT2D eigenvalue weighted by molar-refractivity contribution is -0.141. The maximum absolute atomic E-state index is 11.9. The van der Waals surface area contributed by atoms with E-state index in [4.69, 9.17) is 10.4 Å². The zero-order chi connectivity index (χ0) is 13.9. The number of carboxylic acid groups (broad SMARTS) is 1. The number of aliphatic carboxylic acids is 1. The van der Waals surface area contributed by atoms with Crippen LogP contribution < -0.4 is 4.72 Å². The van der Waals surface area contributed by atoms with Crippen molar-refractivity contribution in [2.45, 2.75) is 24.1 Å². The number of carboxylic acids is 1. The number of hydrogen-bond donors (Lipinski definition) is 2. The average Bonchev–Trinajstić information content (AvgIpc) is 2.76. The van der Waals surface area contributed by atoms with Crippen LogP contribution in [0.2, 0.25) is 0 Å². The van der Waals surface area contributed by atoms with Crippen LogP contribution in [0.15, 0.2) is 16.3 Å². The molecule has 0 aliphatic carbocycles. The fourth-order valence-corrected chi connectivity index (χ4v) is 3.59. The number of nitriles is 1. The summed E-state index contributed by atoms with van der Waals surface area (Å²) < 4.78 is 26.1. The minimum Gasteiger partial charge on any atom is -0.481 e. The summed E-state index contributed by atoms with van der Waals surface area (Å²) >= 11 is 0.843. The van der Waals surface area contributed by atoms with Gasteiger partial charge < -0.3 is 5.11 Å². The van der Waals surface area contributed by atoms with Gasteiger partial charge in [-0.3, -0.25) is 4.79 Å². The van der Waals surface area contributed by atoms with Crippen LogP contribution in [0.1, 0.15) is 18.7 Å². The average molecular weight is 288 g/mol. The van der Waals surface area contributed by atoms with Crippen LogP contribution in [0.25, 0.3) is 0 Å². The molecule has 6 nitrogen and oxygen atoms in total. The first-order chi connectivity index (χ1) is 8.27. The molecule has 0 aliphatic heterocycles. The zero-order valence-electron chi connectivity index (χ0n) is 9.75. The van der Waals surface area contributed by atoms with Gasteiger partial charge in [0.1, 0.15) is 15.2 Å². The maximum atomic E-state index is 11.9. The second kappa shape index (κ2) is 5.48. The van der Waals surface area contributed by atoms with Gasteiger partial charge in [-0.25, -0.2) is 13.1 Å². The van der Waals surface area contributed by atoms with Gasteiger partial charge in [-0.2, -0.15) is 5.26 Å². The largest absolute Gasteiger partial charge is 0.481 e. The summed E-state index contributed by atoms with van der Waals surface area (Å²) in [6, 6.07) is 3.84.